The number of nitrogens with zero attached hydrogens (tertiary/aromatic N) is 3. The Kier molecular flexibility index (Phi) is 12.8. The Morgan fingerprint density at radius 1 is 1.08 bits per heavy atom. The number of carbonyl (C=O) groups excluding carboxylic acids is 2. The van der Waals surface area contributed by atoms with Crippen LogP contribution in [0.4, 0.5) is 0 Å². The highest BCUT2D eigenvalue weighted by Gasteiger charge is 2.20. The van der Waals surface area contributed by atoms with Crippen LogP contribution >= 0.6 is 0 Å². The fourth-order valence-corrected chi connectivity index (χ4v) is 2.95. The first-order valence-corrected chi connectivity index (χ1v) is 11.7. The number of aldehydes is 1. The van der Waals surface area contributed by atoms with Crippen LogP contribution in [0.1, 0.15) is 23.1 Å². The van der Waals surface area contributed by atoms with E-state index >= 15 is 0 Å². The molecule has 3 N–H and O–H groups in total. The molecule has 1 amide bonds. The van der Waals surface area contributed by atoms with Crippen molar-refractivity contribution < 1.29 is 24.2 Å². The molecule has 0 aliphatic rings. The molecule has 1 aromatic heterocycles. The molecule has 3 rings (SSSR count). The van der Waals surface area contributed by atoms with Crippen LogP contribution in [0.2, 0.25) is 0 Å². The number of benzene rings is 2. The minimum absolute atomic E-state index is 0.0155. The second-order valence-electron chi connectivity index (χ2n) is 7.53. The lowest BCUT2D eigenvalue weighted by Gasteiger charge is -2.11. The zero-order valence-electron chi connectivity index (χ0n) is 21.3. The molecule has 0 unspecified atom stereocenters. The van der Waals surface area contributed by atoms with Crippen LogP contribution in [0.3, 0.4) is 0 Å². The zero-order valence-corrected chi connectivity index (χ0v) is 21.3. The van der Waals surface area contributed by atoms with Crippen molar-refractivity contribution >= 4 is 12.2 Å². The molecular formula is C27H33N5O5. The van der Waals surface area contributed by atoms with Gasteiger partial charge < -0.3 is 25.2 Å². The van der Waals surface area contributed by atoms with Crippen molar-refractivity contribution in [1.82, 2.24) is 25.6 Å². The van der Waals surface area contributed by atoms with Gasteiger partial charge in [-0.1, -0.05) is 47.7 Å². The molecular weight excluding hydrogens is 474 g/mol. The Hall–Kier alpha value is -4.28. The molecule has 0 spiro atoms. The Balaban J connectivity index is 0.00000153. The number of para-hydroxylation sites is 1. The molecule has 1 heterocycles. The van der Waals surface area contributed by atoms with Gasteiger partial charge >= 0.3 is 0 Å². The number of nitrogens with one attached hydrogen (secondary N) is 2. The van der Waals surface area contributed by atoms with Crippen molar-refractivity contribution in [3.63, 3.8) is 0 Å². The highest BCUT2D eigenvalue weighted by atomic mass is 16.5. The molecule has 10 heteroatoms. The number of amides is 1. The number of hydrogen-bond acceptors (Lipinski definition) is 8. The summed E-state index contributed by atoms with van der Waals surface area (Å²) in [6.45, 7) is 1.96. The highest BCUT2D eigenvalue weighted by molar-refractivity contribution is 5.93. The summed E-state index contributed by atoms with van der Waals surface area (Å²) >= 11 is 0. The first kappa shape index (κ1) is 29.0. The van der Waals surface area contributed by atoms with E-state index in [1.807, 2.05) is 50.5 Å². The predicted molar refractivity (Wildman–Crippen MR) is 141 cm³/mol. The summed E-state index contributed by atoms with van der Waals surface area (Å²) in [6.07, 6.45) is 5.84. The van der Waals surface area contributed by atoms with E-state index in [9.17, 15) is 9.59 Å². The van der Waals surface area contributed by atoms with Crippen molar-refractivity contribution in [2.75, 3.05) is 27.2 Å². The molecule has 0 saturated heterocycles. The fourth-order valence-electron chi connectivity index (χ4n) is 2.95. The van der Waals surface area contributed by atoms with Gasteiger partial charge in [0.2, 0.25) is 0 Å². The molecule has 196 valence electrons. The number of aliphatic hydroxyl groups excluding tert-OH is 1. The highest BCUT2D eigenvalue weighted by Crippen LogP contribution is 2.25. The second-order valence-corrected chi connectivity index (χ2v) is 7.53. The van der Waals surface area contributed by atoms with Crippen LogP contribution in [0.25, 0.3) is 0 Å². The third kappa shape index (κ3) is 9.71. The van der Waals surface area contributed by atoms with Gasteiger partial charge in [-0.05, 0) is 45.3 Å². The third-order valence-corrected chi connectivity index (χ3v) is 4.67. The van der Waals surface area contributed by atoms with Crippen molar-refractivity contribution in [3.05, 3.63) is 89.8 Å². The van der Waals surface area contributed by atoms with Gasteiger partial charge in [0.15, 0.2) is 5.69 Å². The van der Waals surface area contributed by atoms with Crippen molar-refractivity contribution in [1.29, 1.82) is 0 Å². The quantitative estimate of drug-likeness (QED) is 0.194. The lowest BCUT2D eigenvalue weighted by molar-refractivity contribution is -0.104. The minimum Gasteiger partial charge on any atom is -0.487 e. The van der Waals surface area contributed by atoms with Gasteiger partial charge in [-0.25, -0.2) is 4.68 Å². The van der Waals surface area contributed by atoms with Crippen LogP contribution in [0.5, 0.6) is 17.2 Å². The molecule has 0 aliphatic heterocycles. The average Bonchev–Trinajstić information content (AvgIpc) is 3.32. The maximum absolute atomic E-state index is 12.5. The largest absolute Gasteiger partial charge is 0.487 e. The maximum atomic E-state index is 12.5. The van der Waals surface area contributed by atoms with Crippen molar-refractivity contribution in [2.45, 2.75) is 20.1 Å². The van der Waals surface area contributed by atoms with Crippen LogP contribution < -0.4 is 20.1 Å². The molecule has 2 aromatic carbocycles. The van der Waals surface area contributed by atoms with E-state index in [-0.39, 0.29) is 32.0 Å². The number of hydrogen-bond donors (Lipinski definition) is 3. The normalized spacial score (nSPS) is 11.0. The van der Waals surface area contributed by atoms with E-state index in [1.165, 1.54) is 4.68 Å². The Labute approximate surface area is 216 Å². The summed E-state index contributed by atoms with van der Waals surface area (Å²) in [5.41, 5.74) is 1.07. The number of aromatic nitrogens is 3. The Morgan fingerprint density at radius 2 is 1.78 bits per heavy atom. The molecule has 0 saturated carbocycles. The molecule has 0 aliphatic carbocycles. The van der Waals surface area contributed by atoms with Gasteiger partial charge in [0, 0.05) is 18.2 Å². The summed E-state index contributed by atoms with van der Waals surface area (Å²) in [7, 11) is 3.75. The smallest absolute Gasteiger partial charge is 0.273 e. The van der Waals surface area contributed by atoms with Crippen molar-refractivity contribution in [3.8, 4) is 17.2 Å². The van der Waals surface area contributed by atoms with Gasteiger partial charge in [-0.15, -0.1) is 5.10 Å². The van der Waals surface area contributed by atoms with Crippen LogP contribution in [0.15, 0.2) is 78.4 Å². The average molecular weight is 508 g/mol. The van der Waals surface area contributed by atoms with Gasteiger partial charge in [0.1, 0.15) is 35.8 Å². The summed E-state index contributed by atoms with van der Waals surface area (Å²) in [4.78, 5) is 23.5. The molecule has 10 nitrogen and oxygen atoms in total. The Morgan fingerprint density at radius 3 is 2.46 bits per heavy atom. The first-order valence-electron chi connectivity index (χ1n) is 11.7. The van der Waals surface area contributed by atoms with Crippen LogP contribution in [0, 0.1) is 0 Å². The topological polar surface area (TPSA) is 128 Å². The summed E-state index contributed by atoms with van der Waals surface area (Å²) in [5, 5.41) is 22.4. The molecule has 0 radical (unpaired) electrons. The van der Waals surface area contributed by atoms with E-state index in [0.29, 0.717) is 28.5 Å². The van der Waals surface area contributed by atoms with Crippen molar-refractivity contribution in [2.24, 2.45) is 0 Å². The first-order chi connectivity index (χ1) is 18.1. The summed E-state index contributed by atoms with van der Waals surface area (Å²) in [5.74, 6) is 1.38. The molecule has 37 heavy (non-hydrogen) atoms. The third-order valence-electron chi connectivity index (χ3n) is 4.67. The minimum atomic E-state index is -0.467. The standard InChI is InChI=1S/C25H26N4O5.C2H7N/c1-2-19(17-31)8-7-14-29-23(24(27-28-29)25(32)26-13-15-30)18-33-21-11-6-12-22(16-21)34-20-9-4-3-5-10-20;1-3-2/h2-12,16-17,30H,13-15,18H2,1H3,(H,26,32);3H,1-2H3/b8-7-,19-2+;. The summed E-state index contributed by atoms with van der Waals surface area (Å²) in [6, 6.07) is 16.5. The van der Waals surface area contributed by atoms with E-state index in [2.05, 4.69) is 20.9 Å². The van der Waals surface area contributed by atoms with E-state index < -0.39 is 5.91 Å². The van der Waals surface area contributed by atoms with E-state index in [4.69, 9.17) is 14.6 Å². The van der Waals surface area contributed by atoms with Gasteiger partial charge in [-0.2, -0.15) is 0 Å². The van der Waals surface area contributed by atoms with Gasteiger partial charge in [-0.3, -0.25) is 9.59 Å². The monoisotopic (exact) mass is 507 g/mol. The lowest BCUT2D eigenvalue weighted by Crippen LogP contribution is -2.28. The number of ether oxygens (including phenoxy) is 2. The van der Waals surface area contributed by atoms with Gasteiger partial charge in [0.25, 0.3) is 5.91 Å². The summed E-state index contributed by atoms with van der Waals surface area (Å²) < 4.78 is 13.3. The molecule has 0 atom stereocenters. The SMILES string of the molecule is C/C=C(C=O)\C=C/Cn1nnc(C(=O)NCCO)c1COc1cccc(Oc2ccccc2)c1.CNC. The lowest BCUT2D eigenvalue weighted by atomic mass is 10.2. The number of rotatable bonds is 12. The van der Waals surface area contributed by atoms with Gasteiger partial charge in [0.05, 0.1) is 13.2 Å². The molecule has 0 fully saturated rings. The number of allylic oxidation sites excluding steroid dienone is 4. The number of carbonyl (C=O) groups is 2. The van der Waals surface area contributed by atoms with E-state index in [1.54, 1.807) is 43.4 Å². The maximum Gasteiger partial charge on any atom is 0.273 e. The fraction of sp³-hybridized carbons (Fsp3) is 0.259. The predicted octanol–water partition coefficient (Wildman–Crippen LogP) is 2.91. The van der Waals surface area contributed by atoms with Crippen LogP contribution in [-0.4, -0.2) is 59.5 Å². The second kappa shape index (κ2) is 16.4. The number of aliphatic hydroxyl groups is 1. The molecule has 0 bridgehead atoms. The van der Waals surface area contributed by atoms with Crippen LogP contribution in [-0.2, 0) is 17.9 Å². The Bertz CT molecular complexity index is 1170. The zero-order chi connectivity index (χ0) is 26.9. The molecule has 3 aromatic rings. The van der Waals surface area contributed by atoms with E-state index in [0.717, 1.165) is 6.29 Å².